The lowest BCUT2D eigenvalue weighted by Crippen LogP contribution is -2.51. The van der Waals surface area contributed by atoms with Gasteiger partial charge in [-0.2, -0.15) is 0 Å². The van der Waals surface area contributed by atoms with Gasteiger partial charge in [-0.15, -0.1) is 0 Å². The third kappa shape index (κ3) is 3.39. The van der Waals surface area contributed by atoms with Crippen molar-refractivity contribution < 1.29 is 0 Å². The standard InChI is InChI=1S/C17H22N4/c1-14-5-3-7-17(19-14)21-10-9-20(15(2)12-21)13-16-6-4-8-18-11-16/h3-8,11,15H,9-10,12-13H2,1-2H3. The molecule has 1 aliphatic heterocycles. The number of anilines is 1. The number of rotatable bonds is 3. The van der Waals surface area contributed by atoms with Crippen LogP contribution in [0.15, 0.2) is 42.7 Å². The zero-order chi connectivity index (χ0) is 14.7. The topological polar surface area (TPSA) is 32.3 Å². The summed E-state index contributed by atoms with van der Waals surface area (Å²) in [5.41, 5.74) is 2.37. The zero-order valence-corrected chi connectivity index (χ0v) is 12.7. The summed E-state index contributed by atoms with van der Waals surface area (Å²) in [6, 6.07) is 10.9. The molecule has 3 rings (SSSR count). The molecule has 2 aromatic heterocycles. The molecule has 0 bridgehead atoms. The SMILES string of the molecule is Cc1cccc(N2CCN(Cc3cccnc3)C(C)C2)n1. The van der Waals surface area contributed by atoms with Crippen LogP contribution in [0.25, 0.3) is 0 Å². The van der Waals surface area contributed by atoms with Crippen LogP contribution in [-0.4, -0.2) is 40.5 Å². The van der Waals surface area contributed by atoms with Crippen LogP contribution in [0.1, 0.15) is 18.2 Å². The van der Waals surface area contributed by atoms with E-state index >= 15 is 0 Å². The van der Waals surface area contributed by atoms with Gasteiger partial charge in [0.05, 0.1) is 0 Å². The fourth-order valence-corrected chi connectivity index (χ4v) is 2.87. The number of hydrogen-bond acceptors (Lipinski definition) is 4. The first-order valence-electron chi connectivity index (χ1n) is 7.54. The average molecular weight is 282 g/mol. The van der Waals surface area contributed by atoms with Gasteiger partial charge in [0.1, 0.15) is 5.82 Å². The van der Waals surface area contributed by atoms with Gasteiger partial charge in [0.25, 0.3) is 0 Å². The largest absolute Gasteiger partial charge is 0.354 e. The molecule has 2 aromatic rings. The molecular weight excluding hydrogens is 260 g/mol. The van der Waals surface area contributed by atoms with Crippen molar-refractivity contribution in [2.45, 2.75) is 26.4 Å². The Kier molecular flexibility index (Phi) is 4.15. The van der Waals surface area contributed by atoms with E-state index < -0.39 is 0 Å². The normalized spacial score (nSPS) is 19.7. The van der Waals surface area contributed by atoms with E-state index in [1.54, 1.807) is 0 Å². The molecule has 21 heavy (non-hydrogen) atoms. The Bertz CT molecular complexity index is 584. The molecule has 0 aromatic carbocycles. The van der Waals surface area contributed by atoms with Crippen LogP contribution >= 0.6 is 0 Å². The van der Waals surface area contributed by atoms with Crippen molar-refractivity contribution >= 4 is 5.82 Å². The van der Waals surface area contributed by atoms with Crippen LogP contribution in [0, 0.1) is 6.92 Å². The quantitative estimate of drug-likeness (QED) is 0.866. The number of aromatic nitrogens is 2. The number of aryl methyl sites for hydroxylation is 1. The maximum Gasteiger partial charge on any atom is 0.128 e. The van der Waals surface area contributed by atoms with Gasteiger partial charge in [-0.3, -0.25) is 9.88 Å². The minimum Gasteiger partial charge on any atom is -0.354 e. The van der Waals surface area contributed by atoms with Gasteiger partial charge in [-0.05, 0) is 37.6 Å². The number of piperazine rings is 1. The lowest BCUT2D eigenvalue weighted by atomic mass is 10.1. The molecule has 0 radical (unpaired) electrons. The van der Waals surface area contributed by atoms with Gasteiger partial charge in [-0.25, -0.2) is 4.98 Å². The smallest absolute Gasteiger partial charge is 0.128 e. The summed E-state index contributed by atoms with van der Waals surface area (Å²) in [5, 5.41) is 0. The molecule has 0 N–H and O–H groups in total. The van der Waals surface area contributed by atoms with E-state index in [-0.39, 0.29) is 0 Å². The fourth-order valence-electron chi connectivity index (χ4n) is 2.87. The number of pyridine rings is 2. The van der Waals surface area contributed by atoms with Crippen LogP contribution in [0.5, 0.6) is 0 Å². The first-order chi connectivity index (χ1) is 10.2. The second-order valence-corrected chi connectivity index (χ2v) is 5.76. The van der Waals surface area contributed by atoms with E-state index in [1.165, 1.54) is 5.56 Å². The van der Waals surface area contributed by atoms with Crippen molar-refractivity contribution in [1.29, 1.82) is 0 Å². The highest BCUT2D eigenvalue weighted by Gasteiger charge is 2.24. The van der Waals surface area contributed by atoms with Gasteiger partial charge >= 0.3 is 0 Å². The molecule has 0 aliphatic carbocycles. The molecule has 110 valence electrons. The van der Waals surface area contributed by atoms with Gasteiger partial charge in [0.15, 0.2) is 0 Å². The summed E-state index contributed by atoms with van der Waals surface area (Å²) < 4.78 is 0. The Morgan fingerprint density at radius 1 is 1.19 bits per heavy atom. The third-order valence-electron chi connectivity index (χ3n) is 4.07. The third-order valence-corrected chi connectivity index (χ3v) is 4.07. The van der Waals surface area contributed by atoms with Gasteiger partial charge in [0, 0.05) is 50.3 Å². The van der Waals surface area contributed by atoms with Crippen molar-refractivity contribution in [3.63, 3.8) is 0 Å². The molecular formula is C17H22N4. The monoisotopic (exact) mass is 282 g/mol. The Balaban J connectivity index is 1.64. The van der Waals surface area contributed by atoms with E-state index in [0.717, 1.165) is 37.7 Å². The predicted octanol–water partition coefficient (Wildman–Crippen LogP) is 2.50. The summed E-state index contributed by atoms with van der Waals surface area (Å²) in [6.45, 7) is 8.43. The molecule has 0 saturated carbocycles. The molecule has 1 atom stereocenters. The second kappa shape index (κ2) is 6.22. The van der Waals surface area contributed by atoms with E-state index in [2.05, 4.69) is 44.9 Å². The maximum atomic E-state index is 4.64. The highest BCUT2D eigenvalue weighted by atomic mass is 15.3. The van der Waals surface area contributed by atoms with E-state index in [9.17, 15) is 0 Å². The highest BCUT2D eigenvalue weighted by molar-refractivity contribution is 5.40. The van der Waals surface area contributed by atoms with Crippen LogP contribution in [0.3, 0.4) is 0 Å². The Morgan fingerprint density at radius 3 is 2.81 bits per heavy atom. The number of nitrogens with zero attached hydrogens (tertiary/aromatic N) is 4. The van der Waals surface area contributed by atoms with E-state index in [0.29, 0.717) is 6.04 Å². The van der Waals surface area contributed by atoms with Crippen molar-refractivity contribution in [3.05, 3.63) is 54.0 Å². The van der Waals surface area contributed by atoms with Crippen molar-refractivity contribution in [2.24, 2.45) is 0 Å². The fraction of sp³-hybridized carbons (Fsp3) is 0.412. The van der Waals surface area contributed by atoms with E-state index in [4.69, 9.17) is 0 Å². The van der Waals surface area contributed by atoms with Crippen LogP contribution < -0.4 is 4.90 Å². The minimum absolute atomic E-state index is 0.515. The van der Waals surface area contributed by atoms with Gasteiger partial charge in [-0.1, -0.05) is 12.1 Å². The van der Waals surface area contributed by atoms with Crippen LogP contribution in [0.2, 0.25) is 0 Å². The van der Waals surface area contributed by atoms with Crippen molar-refractivity contribution in [2.75, 3.05) is 24.5 Å². The molecule has 4 heteroatoms. The molecule has 3 heterocycles. The molecule has 1 saturated heterocycles. The first-order valence-corrected chi connectivity index (χ1v) is 7.54. The summed E-state index contributed by atoms with van der Waals surface area (Å²) in [4.78, 5) is 13.7. The van der Waals surface area contributed by atoms with Crippen LogP contribution in [-0.2, 0) is 6.54 Å². The first kappa shape index (κ1) is 14.0. The molecule has 0 spiro atoms. The summed E-state index contributed by atoms with van der Waals surface area (Å²) in [7, 11) is 0. The summed E-state index contributed by atoms with van der Waals surface area (Å²) in [6.07, 6.45) is 3.79. The van der Waals surface area contributed by atoms with Crippen molar-refractivity contribution in [3.8, 4) is 0 Å². The second-order valence-electron chi connectivity index (χ2n) is 5.76. The Hall–Kier alpha value is -1.94. The average Bonchev–Trinajstić information content (AvgIpc) is 2.50. The molecule has 4 nitrogen and oxygen atoms in total. The van der Waals surface area contributed by atoms with Gasteiger partial charge < -0.3 is 4.90 Å². The molecule has 1 unspecified atom stereocenters. The summed E-state index contributed by atoms with van der Waals surface area (Å²) >= 11 is 0. The zero-order valence-electron chi connectivity index (χ0n) is 12.7. The maximum absolute atomic E-state index is 4.64. The predicted molar refractivity (Wildman–Crippen MR) is 85.3 cm³/mol. The molecule has 0 amide bonds. The highest BCUT2D eigenvalue weighted by Crippen LogP contribution is 2.18. The summed E-state index contributed by atoms with van der Waals surface area (Å²) in [5.74, 6) is 1.10. The molecule has 1 fully saturated rings. The van der Waals surface area contributed by atoms with Crippen LogP contribution in [0.4, 0.5) is 5.82 Å². The van der Waals surface area contributed by atoms with Crippen molar-refractivity contribution in [1.82, 2.24) is 14.9 Å². The van der Waals surface area contributed by atoms with E-state index in [1.807, 2.05) is 31.5 Å². The Labute approximate surface area is 126 Å². The van der Waals surface area contributed by atoms with Gasteiger partial charge in [0.2, 0.25) is 0 Å². The number of hydrogen-bond donors (Lipinski definition) is 0. The minimum atomic E-state index is 0.515. The Morgan fingerprint density at radius 2 is 2.10 bits per heavy atom. The lowest BCUT2D eigenvalue weighted by Gasteiger charge is -2.40. The lowest BCUT2D eigenvalue weighted by molar-refractivity contribution is 0.180. The molecule has 1 aliphatic rings.